The van der Waals surface area contributed by atoms with Gasteiger partial charge in [-0.25, -0.2) is 0 Å². The molecule has 1 amide bonds. The van der Waals surface area contributed by atoms with Crippen molar-refractivity contribution in [3.8, 4) is 5.75 Å². The summed E-state index contributed by atoms with van der Waals surface area (Å²) in [5, 5.41) is 0.711. The summed E-state index contributed by atoms with van der Waals surface area (Å²) < 4.78 is 5.43. The number of hydrogen-bond donors (Lipinski definition) is 1. The van der Waals surface area contributed by atoms with E-state index in [1.807, 2.05) is 23.1 Å². The van der Waals surface area contributed by atoms with Crippen LogP contribution in [0.4, 0.5) is 0 Å². The van der Waals surface area contributed by atoms with Crippen LogP contribution in [0.1, 0.15) is 32.3 Å². The van der Waals surface area contributed by atoms with Crippen molar-refractivity contribution in [3.05, 3.63) is 28.8 Å². The SMILES string of the molecule is CCC(CC)(CN)C(=O)N1CCN(Cc2cc(Cl)ccc2OC)CC1.Cl.Cl. The first-order chi connectivity index (χ1) is 12.0. The van der Waals surface area contributed by atoms with Gasteiger partial charge in [-0.2, -0.15) is 0 Å². The highest BCUT2D eigenvalue weighted by Gasteiger charge is 2.37. The molecule has 0 aromatic heterocycles. The third kappa shape index (κ3) is 6.13. The molecule has 0 saturated carbocycles. The van der Waals surface area contributed by atoms with Gasteiger partial charge < -0.3 is 15.4 Å². The Labute approximate surface area is 180 Å². The molecule has 27 heavy (non-hydrogen) atoms. The number of ether oxygens (including phenoxy) is 1. The van der Waals surface area contributed by atoms with E-state index in [4.69, 9.17) is 22.1 Å². The Hall–Kier alpha value is -0.720. The molecule has 0 bridgehead atoms. The average Bonchev–Trinajstić information content (AvgIpc) is 2.64. The van der Waals surface area contributed by atoms with Crippen molar-refractivity contribution < 1.29 is 9.53 Å². The minimum atomic E-state index is -0.404. The lowest BCUT2D eigenvalue weighted by molar-refractivity contribution is -0.144. The monoisotopic (exact) mass is 439 g/mol. The second-order valence-corrected chi connectivity index (χ2v) is 7.15. The lowest BCUT2D eigenvalue weighted by Crippen LogP contribution is -2.54. The van der Waals surface area contributed by atoms with E-state index >= 15 is 0 Å². The van der Waals surface area contributed by atoms with Crippen molar-refractivity contribution in [1.82, 2.24) is 9.80 Å². The van der Waals surface area contributed by atoms with Crippen LogP contribution < -0.4 is 10.5 Å². The number of methoxy groups -OCH3 is 1. The van der Waals surface area contributed by atoms with Crippen LogP contribution in [0.25, 0.3) is 0 Å². The van der Waals surface area contributed by atoms with E-state index in [0.29, 0.717) is 11.6 Å². The maximum Gasteiger partial charge on any atom is 0.230 e. The van der Waals surface area contributed by atoms with E-state index in [1.54, 1.807) is 7.11 Å². The van der Waals surface area contributed by atoms with Gasteiger partial charge in [0, 0.05) is 49.9 Å². The topological polar surface area (TPSA) is 58.8 Å². The first-order valence-electron chi connectivity index (χ1n) is 9.03. The number of hydrogen-bond acceptors (Lipinski definition) is 4. The second-order valence-electron chi connectivity index (χ2n) is 6.72. The summed E-state index contributed by atoms with van der Waals surface area (Å²) in [5.41, 5.74) is 6.60. The molecule has 1 fully saturated rings. The molecule has 1 heterocycles. The quantitative estimate of drug-likeness (QED) is 0.704. The average molecular weight is 441 g/mol. The fourth-order valence-corrected chi connectivity index (χ4v) is 3.68. The Morgan fingerprint density at radius 2 is 1.78 bits per heavy atom. The molecule has 1 aliphatic rings. The van der Waals surface area contributed by atoms with Crippen LogP contribution in [-0.4, -0.2) is 55.5 Å². The van der Waals surface area contributed by atoms with E-state index < -0.39 is 5.41 Å². The van der Waals surface area contributed by atoms with Crippen molar-refractivity contribution in [3.63, 3.8) is 0 Å². The van der Waals surface area contributed by atoms with Crippen molar-refractivity contribution in [1.29, 1.82) is 0 Å². The summed E-state index contributed by atoms with van der Waals surface area (Å²) in [6.07, 6.45) is 1.58. The first kappa shape index (κ1) is 26.3. The Morgan fingerprint density at radius 1 is 1.19 bits per heavy atom. The zero-order valence-electron chi connectivity index (χ0n) is 16.4. The highest BCUT2D eigenvalue weighted by Crippen LogP contribution is 2.29. The highest BCUT2D eigenvalue weighted by molar-refractivity contribution is 6.30. The molecule has 0 spiro atoms. The number of amides is 1. The molecule has 0 unspecified atom stereocenters. The van der Waals surface area contributed by atoms with Gasteiger partial charge in [-0.05, 0) is 31.0 Å². The minimum absolute atomic E-state index is 0. The zero-order chi connectivity index (χ0) is 18.4. The third-order valence-electron chi connectivity index (χ3n) is 5.49. The lowest BCUT2D eigenvalue weighted by Gasteiger charge is -2.40. The first-order valence-corrected chi connectivity index (χ1v) is 9.41. The van der Waals surface area contributed by atoms with Crippen LogP contribution >= 0.6 is 36.4 Å². The molecular weight excluding hydrogens is 409 g/mol. The number of carbonyl (C=O) groups is 1. The number of carbonyl (C=O) groups excluding carboxylic acids is 1. The number of rotatable bonds is 7. The van der Waals surface area contributed by atoms with Gasteiger partial charge in [-0.1, -0.05) is 25.4 Å². The molecule has 2 N–H and O–H groups in total. The molecule has 5 nitrogen and oxygen atoms in total. The van der Waals surface area contributed by atoms with Gasteiger partial charge in [0.1, 0.15) is 5.75 Å². The van der Waals surface area contributed by atoms with Gasteiger partial charge in [0.05, 0.1) is 12.5 Å². The molecule has 2 rings (SSSR count). The van der Waals surface area contributed by atoms with Crippen LogP contribution in [0.5, 0.6) is 5.75 Å². The molecule has 1 saturated heterocycles. The van der Waals surface area contributed by atoms with E-state index in [1.165, 1.54) is 0 Å². The predicted molar refractivity (Wildman–Crippen MR) is 116 cm³/mol. The number of nitrogens with zero attached hydrogens (tertiary/aromatic N) is 2. The van der Waals surface area contributed by atoms with Crippen molar-refractivity contribution >= 4 is 42.3 Å². The van der Waals surface area contributed by atoms with Crippen LogP contribution in [0.3, 0.4) is 0 Å². The van der Waals surface area contributed by atoms with E-state index in [0.717, 1.165) is 56.9 Å². The summed E-state index contributed by atoms with van der Waals surface area (Å²) in [6.45, 7) is 8.46. The van der Waals surface area contributed by atoms with Crippen LogP contribution in [0, 0.1) is 5.41 Å². The van der Waals surface area contributed by atoms with E-state index in [9.17, 15) is 4.79 Å². The van der Waals surface area contributed by atoms with Crippen molar-refractivity contribution in [2.24, 2.45) is 11.1 Å². The van der Waals surface area contributed by atoms with Gasteiger partial charge >= 0.3 is 0 Å². The molecule has 0 atom stereocenters. The second kappa shape index (κ2) is 12.0. The smallest absolute Gasteiger partial charge is 0.230 e. The van der Waals surface area contributed by atoms with Crippen LogP contribution in [0.2, 0.25) is 5.02 Å². The van der Waals surface area contributed by atoms with Gasteiger partial charge in [-0.15, -0.1) is 24.8 Å². The molecule has 8 heteroatoms. The predicted octanol–water partition coefficient (Wildman–Crippen LogP) is 3.60. The summed E-state index contributed by atoms with van der Waals surface area (Å²) in [5.74, 6) is 1.06. The third-order valence-corrected chi connectivity index (χ3v) is 5.73. The molecule has 156 valence electrons. The fraction of sp³-hybridized carbons (Fsp3) is 0.632. The normalized spacial score (nSPS) is 14.9. The van der Waals surface area contributed by atoms with Crippen molar-refractivity contribution in [2.75, 3.05) is 39.8 Å². The Bertz CT molecular complexity index is 581. The molecule has 0 radical (unpaired) electrons. The fourth-order valence-electron chi connectivity index (χ4n) is 3.48. The lowest BCUT2D eigenvalue weighted by atomic mass is 9.81. The van der Waals surface area contributed by atoms with Gasteiger partial charge in [0.2, 0.25) is 5.91 Å². The molecule has 1 aromatic rings. The van der Waals surface area contributed by atoms with Crippen molar-refractivity contribution in [2.45, 2.75) is 33.2 Å². The minimum Gasteiger partial charge on any atom is -0.496 e. The Kier molecular flexibility index (Phi) is 11.7. The largest absolute Gasteiger partial charge is 0.496 e. The zero-order valence-corrected chi connectivity index (χ0v) is 18.8. The van der Waals surface area contributed by atoms with Gasteiger partial charge in [0.25, 0.3) is 0 Å². The van der Waals surface area contributed by atoms with E-state index in [2.05, 4.69) is 18.7 Å². The van der Waals surface area contributed by atoms with Crippen LogP contribution in [-0.2, 0) is 11.3 Å². The summed E-state index contributed by atoms with van der Waals surface area (Å²) >= 11 is 6.12. The number of benzene rings is 1. The Morgan fingerprint density at radius 3 is 2.26 bits per heavy atom. The number of piperazine rings is 1. The summed E-state index contributed by atoms with van der Waals surface area (Å²) in [7, 11) is 1.67. The van der Waals surface area contributed by atoms with Gasteiger partial charge in [0.15, 0.2) is 0 Å². The summed E-state index contributed by atoms with van der Waals surface area (Å²) in [4.78, 5) is 17.2. The van der Waals surface area contributed by atoms with Crippen LogP contribution in [0.15, 0.2) is 18.2 Å². The molecule has 0 aliphatic carbocycles. The highest BCUT2D eigenvalue weighted by atomic mass is 35.5. The van der Waals surface area contributed by atoms with E-state index in [-0.39, 0.29) is 30.7 Å². The van der Waals surface area contributed by atoms with Gasteiger partial charge in [-0.3, -0.25) is 9.69 Å². The number of halogens is 3. The maximum absolute atomic E-state index is 12.9. The molecule has 1 aliphatic heterocycles. The molecular formula is C19H32Cl3N3O2. The number of nitrogens with two attached hydrogens (primary N) is 1. The maximum atomic E-state index is 12.9. The Balaban J connectivity index is 0.00000338. The summed E-state index contributed by atoms with van der Waals surface area (Å²) in [6, 6.07) is 5.68. The molecule has 1 aromatic carbocycles. The standard InChI is InChI=1S/C19H30ClN3O2.2ClH/c1-4-19(5-2,14-21)18(24)23-10-8-22(9-11-23)13-15-12-16(20)6-7-17(15)25-3;;/h6-7,12H,4-5,8-11,13-14,21H2,1-3H3;2*1H.